The highest BCUT2D eigenvalue weighted by atomic mass is 35.5. The molecule has 16 heavy (non-hydrogen) atoms. The molecule has 0 bridgehead atoms. The molecule has 0 amide bonds. The molecule has 0 atom stereocenters. The first-order valence-corrected chi connectivity index (χ1v) is 4.65. The Balaban J connectivity index is 0.00000128. The highest BCUT2D eigenvalue weighted by molar-refractivity contribution is 5.94. The minimum absolute atomic E-state index is 0. The number of rotatable bonds is 3. The van der Waals surface area contributed by atoms with Gasteiger partial charge in [-0.3, -0.25) is 5.41 Å². The van der Waals surface area contributed by atoms with Gasteiger partial charge in [-0.15, -0.1) is 12.4 Å². The maximum atomic E-state index is 7.26. The maximum Gasteiger partial charge on any atom is 0.122 e. The molecule has 1 heterocycles. The molecule has 1 aromatic heterocycles. The summed E-state index contributed by atoms with van der Waals surface area (Å²) in [6.45, 7) is 0.790. The van der Waals surface area contributed by atoms with Gasteiger partial charge in [0.15, 0.2) is 0 Å². The topological polar surface area (TPSA) is 67.7 Å². The lowest BCUT2D eigenvalue weighted by Gasteiger charge is -2.03. The van der Waals surface area contributed by atoms with Crippen molar-refractivity contribution in [2.45, 2.75) is 6.54 Å². The fourth-order valence-corrected chi connectivity index (χ4v) is 1.38. The molecule has 84 valence electrons. The predicted molar refractivity (Wildman–Crippen MR) is 66.0 cm³/mol. The Morgan fingerprint density at radius 3 is 2.50 bits per heavy atom. The van der Waals surface area contributed by atoms with Gasteiger partial charge in [-0.05, 0) is 5.56 Å². The van der Waals surface area contributed by atoms with Gasteiger partial charge in [0, 0.05) is 24.5 Å². The second-order valence-corrected chi connectivity index (χ2v) is 3.35. The van der Waals surface area contributed by atoms with Crippen LogP contribution in [0.25, 0.3) is 0 Å². The van der Waals surface area contributed by atoms with Gasteiger partial charge in [0.2, 0.25) is 0 Å². The number of nitrogens with zero attached hydrogens (tertiary/aromatic N) is 2. The van der Waals surface area contributed by atoms with Crippen LogP contribution in [0.15, 0.2) is 43.0 Å². The normalized spacial score (nSPS) is 9.50. The number of nitrogens with one attached hydrogen (secondary N) is 1. The largest absolute Gasteiger partial charge is 0.384 e. The van der Waals surface area contributed by atoms with E-state index in [0.29, 0.717) is 0 Å². The van der Waals surface area contributed by atoms with Gasteiger partial charge in [0.05, 0.1) is 6.33 Å². The lowest BCUT2D eigenvalue weighted by molar-refractivity contribution is 0.797. The van der Waals surface area contributed by atoms with Crippen LogP contribution in [0.3, 0.4) is 0 Å². The summed E-state index contributed by atoms with van der Waals surface area (Å²) in [6.07, 6.45) is 5.45. The van der Waals surface area contributed by atoms with Crippen LogP contribution >= 0.6 is 12.4 Å². The van der Waals surface area contributed by atoms with E-state index in [4.69, 9.17) is 11.1 Å². The summed E-state index contributed by atoms with van der Waals surface area (Å²) in [7, 11) is 0. The van der Waals surface area contributed by atoms with E-state index in [9.17, 15) is 0 Å². The maximum absolute atomic E-state index is 7.26. The summed E-state index contributed by atoms with van der Waals surface area (Å²) in [5.41, 5.74) is 7.29. The lowest BCUT2D eigenvalue weighted by atomic mass is 10.1. The molecule has 4 nitrogen and oxygen atoms in total. The predicted octanol–water partition coefficient (Wildman–Crippen LogP) is 1.64. The number of aromatic nitrogens is 2. The van der Waals surface area contributed by atoms with Crippen LogP contribution in [-0.2, 0) is 6.54 Å². The second kappa shape index (κ2) is 5.32. The Morgan fingerprint density at radius 2 is 2.00 bits per heavy atom. The number of imidazole rings is 1. The Hall–Kier alpha value is -1.81. The summed E-state index contributed by atoms with van der Waals surface area (Å²) in [5.74, 6) is 0.101. The zero-order chi connectivity index (χ0) is 10.7. The molecule has 0 aliphatic heterocycles. The van der Waals surface area contributed by atoms with Crippen molar-refractivity contribution >= 4 is 18.2 Å². The minimum atomic E-state index is 0. The number of hydrogen-bond donors (Lipinski definition) is 2. The van der Waals surface area contributed by atoms with Gasteiger partial charge >= 0.3 is 0 Å². The Bertz CT molecular complexity index is 447. The summed E-state index contributed by atoms with van der Waals surface area (Å²) in [6, 6.07) is 7.65. The zero-order valence-corrected chi connectivity index (χ0v) is 9.45. The molecular weight excluding hydrogens is 224 g/mol. The average molecular weight is 237 g/mol. The molecule has 0 unspecified atom stereocenters. The third-order valence-corrected chi connectivity index (χ3v) is 2.19. The van der Waals surface area contributed by atoms with E-state index in [2.05, 4.69) is 4.98 Å². The van der Waals surface area contributed by atoms with Crippen LogP contribution in [0.5, 0.6) is 0 Å². The molecule has 3 N–H and O–H groups in total. The highest BCUT2D eigenvalue weighted by Gasteiger charge is 1.97. The van der Waals surface area contributed by atoms with E-state index in [0.717, 1.165) is 17.7 Å². The Labute approximate surface area is 100 Å². The van der Waals surface area contributed by atoms with Gasteiger partial charge in [-0.1, -0.05) is 24.3 Å². The number of nitrogens with two attached hydrogens (primary N) is 1. The smallest absolute Gasteiger partial charge is 0.122 e. The summed E-state index contributed by atoms with van der Waals surface area (Å²) >= 11 is 0. The van der Waals surface area contributed by atoms with E-state index in [1.54, 1.807) is 12.5 Å². The fourth-order valence-electron chi connectivity index (χ4n) is 1.38. The van der Waals surface area contributed by atoms with Crippen molar-refractivity contribution in [3.63, 3.8) is 0 Å². The van der Waals surface area contributed by atoms with Crippen LogP contribution in [0, 0.1) is 5.41 Å². The molecule has 0 spiro atoms. The van der Waals surface area contributed by atoms with Crippen LogP contribution in [-0.4, -0.2) is 15.4 Å². The van der Waals surface area contributed by atoms with Crippen molar-refractivity contribution in [1.29, 1.82) is 5.41 Å². The molecule has 1 aromatic carbocycles. The van der Waals surface area contributed by atoms with Crippen molar-refractivity contribution in [2.24, 2.45) is 5.73 Å². The van der Waals surface area contributed by atoms with Gasteiger partial charge < -0.3 is 10.3 Å². The molecule has 2 rings (SSSR count). The lowest BCUT2D eigenvalue weighted by Crippen LogP contribution is -2.10. The number of benzene rings is 1. The number of halogens is 1. The standard InChI is InChI=1S/C11H12N4.ClH/c12-11(13)10-3-1-9(2-4-10)7-15-6-5-14-8-15;/h1-6,8H,7H2,(H3,12,13);1H. The van der Waals surface area contributed by atoms with Crippen LogP contribution < -0.4 is 5.73 Å². The van der Waals surface area contributed by atoms with Crippen molar-refractivity contribution in [2.75, 3.05) is 0 Å². The molecular formula is C11H13ClN4. The summed E-state index contributed by atoms with van der Waals surface area (Å²) in [5, 5.41) is 7.26. The van der Waals surface area contributed by atoms with Crippen molar-refractivity contribution in [3.05, 3.63) is 54.1 Å². The minimum Gasteiger partial charge on any atom is -0.384 e. The zero-order valence-electron chi connectivity index (χ0n) is 8.63. The molecule has 0 aliphatic rings. The van der Waals surface area contributed by atoms with Crippen molar-refractivity contribution in [1.82, 2.24) is 9.55 Å². The first-order chi connectivity index (χ1) is 7.25. The van der Waals surface area contributed by atoms with Crippen molar-refractivity contribution in [3.8, 4) is 0 Å². The van der Waals surface area contributed by atoms with Gasteiger partial charge in [-0.25, -0.2) is 4.98 Å². The van der Waals surface area contributed by atoms with Crippen molar-refractivity contribution < 1.29 is 0 Å². The first-order valence-electron chi connectivity index (χ1n) is 4.65. The number of nitrogen functional groups attached to an aromatic ring is 1. The number of amidine groups is 1. The second-order valence-electron chi connectivity index (χ2n) is 3.35. The van der Waals surface area contributed by atoms with E-state index in [1.165, 1.54) is 0 Å². The molecule has 0 aliphatic carbocycles. The molecule has 0 fully saturated rings. The van der Waals surface area contributed by atoms with Crippen LogP contribution in [0.2, 0.25) is 0 Å². The monoisotopic (exact) mass is 236 g/mol. The number of hydrogen-bond acceptors (Lipinski definition) is 2. The van der Waals surface area contributed by atoms with E-state index < -0.39 is 0 Å². The Kier molecular flexibility index (Phi) is 4.08. The first kappa shape index (κ1) is 12.3. The van der Waals surface area contributed by atoms with Crippen LogP contribution in [0.4, 0.5) is 0 Å². The van der Waals surface area contributed by atoms with Gasteiger partial charge in [-0.2, -0.15) is 0 Å². The fraction of sp³-hybridized carbons (Fsp3) is 0.0909. The molecule has 0 saturated carbocycles. The summed E-state index contributed by atoms with van der Waals surface area (Å²) in [4.78, 5) is 3.97. The van der Waals surface area contributed by atoms with Gasteiger partial charge in [0.25, 0.3) is 0 Å². The molecule has 5 heteroatoms. The average Bonchev–Trinajstić information content (AvgIpc) is 2.71. The molecule has 0 radical (unpaired) electrons. The molecule has 0 saturated heterocycles. The Morgan fingerprint density at radius 1 is 1.31 bits per heavy atom. The third kappa shape index (κ3) is 2.84. The SMILES string of the molecule is Cl.N=C(N)c1ccc(Cn2ccnc2)cc1. The van der Waals surface area contributed by atoms with E-state index in [-0.39, 0.29) is 18.2 Å². The molecule has 2 aromatic rings. The quantitative estimate of drug-likeness (QED) is 0.628. The third-order valence-electron chi connectivity index (χ3n) is 2.19. The van der Waals surface area contributed by atoms with E-state index in [1.807, 2.05) is 35.0 Å². The summed E-state index contributed by atoms with van der Waals surface area (Å²) < 4.78 is 1.99. The van der Waals surface area contributed by atoms with Gasteiger partial charge in [0.1, 0.15) is 5.84 Å². The highest BCUT2D eigenvalue weighted by Crippen LogP contribution is 2.05. The van der Waals surface area contributed by atoms with E-state index >= 15 is 0 Å². The van der Waals surface area contributed by atoms with Crippen LogP contribution in [0.1, 0.15) is 11.1 Å².